The smallest absolute Gasteiger partial charge is 0.318 e. The van der Waals surface area contributed by atoms with E-state index in [0.717, 1.165) is 45.4 Å². The van der Waals surface area contributed by atoms with Gasteiger partial charge in [0.2, 0.25) is 5.91 Å². The molecular weight excluding hydrogens is 258 g/mol. The molecule has 0 radical (unpaired) electrons. The molecule has 2 rings (SSSR count). The molecule has 0 aromatic rings. The molecule has 0 spiro atoms. The van der Waals surface area contributed by atoms with Gasteiger partial charge in [-0.25, -0.2) is 4.79 Å². The van der Waals surface area contributed by atoms with E-state index in [1.807, 2.05) is 6.92 Å². The molecule has 114 valence electrons. The van der Waals surface area contributed by atoms with E-state index in [0.29, 0.717) is 12.1 Å². The Bertz CT molecular complexity index is 368. The number of primary amides is 1. The minimum atomic E-state index is -0.789. The van der Waals surface area contributed by atoms with E-state index in [9.17, 15) is 9.59 Å². The Hall–Kier alpha value is -1.18. The maximum atomic E-state index is 11.8. The zero-order valence-electron chi connectivity index (χ0n) is 12.0. The van der Waals surface area contributed by atoms with Crippen molar-refractivity contribution in [3.05, 3.63) is 0 Å². The molecule has 0 bridgehead atoms. The first-order valence-electron chi connectivity index (χ1n) is 7.31. The van der Waals surface area contributed by atoms with Crippen molar-refractivity contribution in [1.82, 2.24) is 15.1 Å². The van der Waals surface area contributed by atoms with Crippen LogP contribution in [0.15, 0.2) is 0 Å². The average Bonchev–Trinajstić information content (AvgIpc) is 2.87. The molecule has 0 aliphatic carbocycles. The topological polar surface area (TPSA) is 105 Å². The molecule has 20 heavy (non-hydrogen) atoms. The maximum absolute atomic E-state index is 11.8. The number of amides is 3. The minimum absolute atomic E-state index is 0.320. The molecule has 2 fully saturated rings. The van der Waals surface area contributed by atoms with Crippen molar-refractivity contribution in [2.24, 2.45) is 11.5 Å². The van der Waals surface area contributed by atoms with E-state index in [-0.39, 0.29) is 11.9 Å². The molecule has 2 atom stereocenters. The van der Waals surface area contributed by atoms with Crippen LogP contribution in [0.25, 0.3) is 0 Å². The van der Waals surface area contributed by atoms with Crippen LogP contribution in [0, 0.1) is 0 Å². The Morgan fingerprint density at radius 1 is 1.20 bits per heavy atom. The van der Waals surface area contributed by atoms with Crippen molar-refractivity contribution in [2.75, 3.05) is 26.2 Å². The quantitative estimate of drug-likeness (QED) is 0.620. The fraction of sp³-hybridized carbons (Fsp3) is 0.846. The standard InChI is InChI=1S/C13H25N5O2/c1-9(12(19)16-13(15)20)18-7-4-11(8-18)17-5-2-10(14)3-6-17/h9-11H,2-8,14H2,1H3,(H3,15,16,19,20). The number of nitrogens with zero attached hydrogens (tertiary/aromatic N) is 2. The molecule has 7 nitrogen and oxygen atoms in total. The normalized spacial score (nSPS) is 27.4. The van der Waals surface area contributed by atoms with E-state index >= 15 is 0 Å². The highest BCUT2D eigenvalue weighted by atomic mass is 16.2. The van der Waals surface area contributed by atoms with E-state index in [2.05, 4.69) is 15.1 Å². The number of imide groups is 1. The van der Waals surface area contributed by atoms with Crippen LogP contribution >= 0.6 is 0 Å². The number of likely N-dealkylation sites (tertiary alicyclic amines) is 2. The number of rotatable bonds is 3. The van der Waals surface area contributed by atoms with Crippen molar-refractivity contribution in [2.45, 2.75) is 44.3 Å². The molecule has 2 unspecified atom stereocenters. The van der Waals surface area contributed by atoms with Crippen LogP contribution in [-0.4, -0.2) is 66.0 Å². The highest BCUT2D eigenvalue weighted by Gasteiger charge is 2.33. The third kappa shape index (κ3) is 3.68. The van der Waals surface area contributed by atoms with Gasteiger partial charge in [-0.15, -0.1) is 0 Å². The molecule has 2 aliphatic rings. The number of nitrogens with one attached hydrogen (secondary N) is 1. The van der Waals surface area contributed by atoms with Gasteiger partial charge >= 0.3 is 6.03 Å². The van der Waals surface area contributed by atoms with Gasteiger partial charge in [0.05, 0.1) is 6.04 Å². The lowest BCUT2D eigenvalue weighted by Gasteiger charge is -2.35. The lowest BCUT2D eigenvalue weighted by Crippen LogP contribution is -2.49. The first-order chi connectivity index (χ1) is 9.47. The summed E-state index contributed by atoms with van der Waals surface area (Å²) in [5.41, 5.74) is 10.9. The maximum Gasteiger partial charge on any atom is 0.318 e. The number of hydrogen-bond acceptors (Lipinski definition) is 5. The highest BCUT2D eigenvalue weighted by Crippen LogP contribution is 2.21. The van der Waals surface area contributed by atoms with Crippen LogP contribution < -0.4 is 16.8 Å². The molecular formula is C13H25N5O2. The lowest BCUT2D eigenvalue weighted by molar-refractivity contribution is -0.124. The van der Waals surface area contributed by atoms with Gasteiger partial charge in [0.15, 0.2) is 0 Å². The third-order valence-electron chi connectivity index (χ3n) is 4.46. The summed E-state index contributed by atoms with van der Waals surface area (Å²) in [6.07, 6.45) is 3.16. The fourth-order valence-electron chi connectivity index (χ4n) is 3.09. The van der Waals surface area contributed by atoms with Gasteiger partial charge in [-0.3, -0.25) is 19.9 Å². The molecule has 2 heterocycles. The lowest BCUT2D eigenvalue weighted by atomic mass is 10.0. The predicted octanol–water partition coefficient (Wildman–Crippen LogP) is -0.933. The van der Waals surface area contributed by atoms with Gasteiger partial charge in [0.25, 0.3) is 0 Å². The van der Waals surface area contributed by atoms with Crippen LogP contribution in [0.3, 0.4) is 0 Å². The Labute approximate surface area is 119 Å². The first kappa shape index (κ1) is 15.2. The van der Waals surface area contributed by atoms with Crippen LogP contribution in [0.5, 0.6) is 0 Å². The van der Waals surface area contributed by atoms with Gasteiger partial charge < -0.3 is 11.5 Å². The van der Waals surface area contributed by atoms with Gasteiger partial charge in [-0.1, -0.05) is 0 Å². The Balaban J connectivity index is 1.82. The summed E-state index contributed by atoms with van der Waals surface area (Å²) in [5.74, 6) is -0.321. The molecule has 2 saturated heterocycles. The van der Waals surface area contributed by atoms with Crippen LogP contribution in [0.2, 0.25) is 0 Å². The second-order valence-electron chi connectivity index (χ2n) is 5.84. The SMILES string of the molecule is CC(C(=O)NC(N)=O)N1CCC(N2CCC(N)CC2)C1. The van der Waals surface area contributed by atoms with Crippen molar-refractivity contribution in [1.29, 1.82) is 0 Å². The summed E-state index contributed by atoms with van der Waals surface area (Å²) in [6.45, 7) is 5.64. The van der Waals surface area contributed by atoms with Crippen LogP contribution in [0.4, 0.5) is 4.79 Å². The first-order valence-corrected chi connectivity index (χ1v) is 7.31. The van der Waals surface area contributed by atoms with Crippen molar-refractivity contribution < 1.29 is 9.59 Å². The van der Waals surface area contributed by atoms with Gasteiger partial charge in [0.1, 0.15) is 0 Å². The average molecular weight is 283 g/mol. The summed E-state index contributed by atoms with van der Waals surface area (Å²) in [6, 6.07) is -0.280. The summed E-state index contributed by atoms with van der Waals surface area (Å²) < 4.78 is 0. The number of nitrogens with two attached hydrogens (primary N) is 2. The van der Waals surface area contributed by atoms with Crippen LogP contribution in [-0.2, 0) is 4.79 Å². The molecule has 0 aromatic heterocycles. The summed E-state index contributed by atoms with van der Waals surface area (Å²) >= 11 is 0. The molecule has 0 aromatic carbocycles. The van der Waals surface area contributed by atoms with Crippen molar-refractivity contribution >= 4 is 11.9 Å². The zero-order valence-corrected chi connectivity index (χ0v) is 12.0. The molecule has 2 aliphatic heterocycles. The Morgan fingerprint density at radius 2 is 1.85 bits per heavy atom. The van der Waals surface area contributed by atoms with Crippen LogP contribution in [0.1, 0.15) is 26.2 Å². The monoisotopic (exact) mass is 283 g/mol. The summed E-state index contributed by atoms with van der Waals surface area (Å²) in [4.78, 5) is 27.1. The van der Waals surface area contributed by atoms with E-state index in [1.165, 1.54) is 0 Å². The Morgan fingerprint density at radius 3 is 2.45 bits per heavy atom. The summed E-state index contributed by atoms with van der Waals surface area (Å²) in [5, 5.41) is 2.15. The fourth-order valence-corrected chi connectivity index (χ4v) is 3.09. The van der Waals surface area contributed by atoms with Crippen molar-refractivity contribution in [3.63, 3.8) is 0 Å². The van der Waals surface area contributed by atoms with E-state index in [1.54, 1.807) is 0 Å². The number of carbonyl (C=O) groups is 2. The highest BCUT2D eigenvalue weighted by molar-refractivity contribution is 5.96. The molecule has 3 amide bonds. The van der Waals surface area contributed by atoms with Gasteiger partial charge in [0, 0.05) is 25.2 Å². The minimum Gasteiger partial charge on any atom is -0.351 e. The summed E-state index contributed by atoms with van der Waals surface area (Å²) in [7, 11) is 0. The largest absolute Gasteiger partial charge is 0.351 e. The number of piperidine rings is 1. The Kier molecular flexibility index (Phi) is 4.95. The van der Waals surface area contributed by atoms with Crippen molar-refractivity contribution in [3.8, 4) is 0 Å². The number of hydrogen-bond donors (Lipinski definition) is 3. The predicted molar refractivity (Wildman–Crippen MR) is 75.9 cm³/mol. The second kappa shape index (κ2) is 6.51. The zero-order chi connectivity index (χ0) is 14.7. The molecule has 0 saturated carbocycles. The molecule has 7 heteroatoms. The van der Waals surface area contributed by atoms with E-state index in [4.69, 9.17) is 11.5 Å². The van der Waals surface area contributed by atoms with Gasteiger partial charge in [-0.05, 0) is 39.3 Å². The number of urea groups is 1. The molecule has 5 N–H and O–H groups in total. The van der Waals surface area contributed by atoms with Gasteiger partial charge in [-0.2, -0.15) is 0 Å². The number of carbonyl (C=O) groups excluding carboxylic acids is 2. The van der Waals surface area contributed by atoms with E-state index < -0.39 is 6.03 Å². The third-order valence-corrected chi connectivity index (χ3v) is 4.46. The second-order valence-corrected chi connectivity index (χ2v) is 5.84.